The van der Waals surface area contributed by atoms with Gasteiger partial charge in [0, 0.05) is 23.4 Å². The second kappa shape index (κ2) is 4.49. The second-order valence-corrected chi connectivity index (χ2v) is 5.00. The van der Waals surface area contributed by atoms with Crippen molar-refractivity contribution in [3.63, 3.8) is 0 Å². The minimum absolute atomic E-state index is 0.850. The molecular formula is C18H14N2. The molecule has 0 atom stereocenters. The molecule has 0 unspecified atom stereocenters. The zero-order chi connectivity index (χ0) is 13.4. The van der Waals surface area contributed by atoms with Gasteiger partial charge in [-0.25, -0.2) is 0 Å². The fourth-order valence-corrected chi connectivity index (χ4v) is 2.75. The van der Waals surface area contributed by atoms with Crippen molar-refractivity contribution in [3.05, 3.63) is 78.1 Å². The van der Waals surface area contributed by atoms with Crippen molar-refractivity contribution in [2.75, 3.05) is 0 Å². The van der Waals surface area contributed by atoms with E-state index < -0.39 is 0 Å². The first-order valence-electron chi connectivity index (χ1n) is 6.80. The van der Waals surface area contributed by atoms with E-state index in [-0.39, 0.29) is 0 Å². The molecule has 4 aromatic rings. The van der Waals surface area contributed by atoms with Crippen LogP contribution in [0.1, 0.15) is 11.3 Å². The van der Waals surface area contributed by atoms with Crippen molar-refractivity contribution in [2.45, 2.75) is 6.42 Å². The summed E-state index contributed by atoms with van der Waals surface area (Å²) in [5, 5.41) is 2.46. The Bertz CT molecular complexity index is 876. The third-order valence-corrected chi connectivity index (χ3v) is 3.70. The third-order valence-electron chi connectivity index (χ3n) is 3.70. The van der Waals surface area contributed by atoms with Crippen LogP contribution in [0.2, 0.25) is 0 Å². The highest BCUT2D eigenvalue weighted by Crippen LogP contribution is 2.26. The molecule has 2 heteroatoms. The summed E-state index contributed by atoms with van der Waals surface area (Å²) >= 11 is 0. The number of pyridine rings is 1. The number of para-hydroxylation sites is 1. The van der Waals surface area contributed by atoms with Crippen molar-refractivity contribution in [2.24, 2.45) is 0 Å². The van der Waals surface area contributed by atoms with E-state index in [1.165, 1.54) is 16.3 Å². The number of H-pyrrole nitrogens is 1. The molecule has 0 amide bonds. The van der Waals surface area contributed by atoms with Crippen LogP contribution in [-0.2, 0) is 6.42 Å². The van der Waals surface area contributed by atoms with Gasteiger partial charge in [-0.2, -0.15) is 0 Å². The fourth-order valence-electron chi connectivity index (χ4n) is 2.75. The van der Waals surface area contributed by atoms with Gasteiger partial charge in [0.25, 0.3) is 0 Å². The Morgan fingerprint density at radius 1 is 0.800 bits per heavy atom. The Morgan fingerprint density at radius 2 is 1.60 bits per heavy atom. The molecule has 0 saturated heterocycles. The van der Waals surface area contributed by atoms with Gasteiger partial charge >= 0.3 is 0 Å². The lowest BCUT2D eigenvalue weighted by Gasteiger charge is -2.06. The smallest absolute Gasteiger partial charge is 0.0713 e. The highest BCUT2D eigenvalue weighted by molar-refractivity contribution is 6.05. The number of fused-ring (bicyclic) bond motifs is 3. The molecule has 2 aromatic carbocycles. The average Bonchev–Trinajstić information content (AvgIpc) is 2.98. The maximum atomic E-state index is 4.84. The van der Waals surface area contributed by atoms with E-state index in [4.69, 9.17) is 4.98 Å². The Hall–Kier alpha value is -2.61. The number of aromatic amines is 1. The normalized spacial score (nSPS) is 11.2. The van der Waals surface area contributed by atoms with Crippen molar-refractivity contribution < 1.29 is 0 Å². The summed E-state index contributed by atoms with van der Waals surface area (Å²) < 4.78 is 0. The van der Waals surface area contributed by atoms with Crippen LogP contribution in [0.3, 0.4) is 0 Å². The molecule has 96 valence electrons. The van der Waals surface area contributed by atoms with Crippen LogP contribution in [0.25, 0.3) is 21.8 Å². The molecule has 2 aromatic heterocycles. The second-order valence-electron chi connectivity index (χ2n) is 5.00. The van der Waals surface area contributed by atoms with Crippen LogP contribution in [0.4, 0.5) is 0 Å². The lowest BCUT2D eigenvalue weighted by Crippen LogP contribution is -1.95. The number of hydrogen-bond acceptors (Lipinski definition) is 1. The van der Waals surface area contributed by atoms with Gasteiger partial charge in [0.1, 0.15) is 0 Å². The van der Waals surface area contributed by atoms with Crippen LogP contribution in [-0.4, -0.2) is 9.97 Å². The number of nitrogens with one attached hydrogen (secondary N) is 1. The Morgan fingerprint density at radius 3 is 2.50 bits per heavy atom. The molecule has 20 heavy (non-hydrogen) atoms. The van der Waals surface area contributed by atoms with Crippen LogP contribution in [0.15, 0.2) is 66.9 Å². The summed E-state index contributed by atoms with van der Waals surface area (Å²) in [7, 11) is 0. The van der Waals surface area contributed by atoms with Gasteiger partial charge in [0.05, 0.1) is 16.7 Å². The summed E-state index contributed by atoms with van der Waals surface area (Å²) in [4.78, 5) is 8.18. The molecule has 1 N–H and O–H groups in total. The summed E-state index contributed by atoms with van der Waals surface area (Å²) in [5.74, 6) is 0. The van der Waals surface area contributed by atoms with Crippen molar-refractivity contribution in [1.29, 1.82) is 0 Å². The molecule has 2 nitrogen and oxygen atoms in total. The van der Waals surface area contributed by atoms with Gasteiger partial charge < -0.3 is 4.98 Å². The molecule has 0 aliphatic rings. The summed E-state index contributed by atoms with van der Waals surface area (Å²) in [6, 6.07) is 20.9. The molecule has 2 heterocycles. The zero-order valence-corrected chi connectivity index (χ0v) is 11.0. The highest BCUT2D eigenvalue weighted by Gasteiger charge is 2.09. The first-order chi connectivity index (χ1) is 9.92. The maximum absolute atomic E-state index is 4.84. The minimum atomic E-state index is 0.850. The van der Waals surface area contributed by atoms with Crippen LogP contribution >= 0.6 is 0 Å². The van der Waals surface area contributed by atoms with Crippen LogP contribution in [0, 0.1) is 0 Å². The summed E-state index contributed by atoms with van der Waals surface area (Å²) in [6.45, 7) is 0. The topological polar surface area (TPSA) is 28.7 Å². The first kappa shape index (κ1) is 11.2. The number of hydrogen-bond donors (Lipinski definition) is 1. The van der Waals surface area contributed by atoms with E-state index in [9.17, 15) is 0 Å². The van der Waals surface area contributed by atoms with Gasteiger partial charge in [-0.15, -0.1) is 0 Å². The molecule has 4 rings (SSSR count). The lowest BCUT2D eigenvalue weighted by atomic mass is 10.1. The van der Waals surface area contributed by atoms with Gasteiger partial charge in [0.2, 0.25) is 0 Å². The van der Waals surface area contributed by atoms with E-state index >= 15 is 0 Å². The van der Waals surface area contributed by atoms with E-state index in [2.05, 4.69) is 53.5 Å². The number of benzene rings is 2. The molecule has 0 fully saturated rings. The predicted molar refractivity (Wildman–Crippen MR) is 82.8 cm³/mol. The van der Waals surface area contributed by atoms with E-state index in [1.807, 2.05) is 18.3 Å². The van der Waals surface area contributed by atoms with Crippen molar-refractivity contribution in [3.8, 4) is 0 Å². The Kier molecular flexibility index (Phi) is 2.52. The van der Waals surface area contributed by atoms with E-state index in [0.29, 0.717) is 0 Å². The molecule has 0 spiro atoms. The molecule has 0 aliphatic heterocycles. The van der Waals surface area contributed by atoms with Gasteiger partial charge in [-0.05, 0) is 17.7 Å². The quantitative estimate of drug-likeness (QED) is 0.570. The molecule has 0 aliphatic carbocycles. The summed E-state index contributed by atoms with van der Waals surface area (Å²) in [6.07, 6.45) is 2.84. The average molecular weight is 258 g/mol. The SMILES string of the molecule is c1ccc(Cc2nc3ccccc3c3cc[nH]c23)cc1. The number of nitrogens with zero attached hydrogens (tertiary/aromatic N) is 1. The molecular weight excluding hydrogens is 244 g/mol. The van der Waals surface area contributed by atoms with Crippen LogP contribution < -0.4 is 0 Å². The van der Waals surface area contributed by atoms with Crippen molar-refractivity contribution >= 4 is 21.8 Å². The largest absolute Gasteiger partial charge is 0.360 e. The molecule has 0 radical (unpaired) electrons. The number of rotatable bonds is 2. The molecule has 0 bridgehead atoms. The monoisotopic (exact) mass is 258 g/mol. The molecule has 0 saturated carbocycles. The Labute approximate surface area is 117 Å². The maximum Gasteiger partial charge on any atom is 0.0713 e. The van der Waals surface area contributed by atoms with E-state index in [1.54, 1.807) is 0 Å². The van der Waals surface area contributed by atoms with E-state index in [0.717, 1.165) is 23.1 Å². The van der Waals surface area contributed by atoms with Gasteiger partial charge in [-0.3, -0.25) is 4.98 Å². The highest BCUT2D eigenvalue weighted by atomic mass is 14.8. The number of aromatic nitrogens is 2. The zero-order valence-electron chi connectivity index (χ0n) is 11.0. The minimum Gasteiger partial charge on any atom is -0.360 e. The standard InChI is InChI=1S/C18H14N2/c1-2-6-13(7-3-1)12-17-18-15(10-11-19-18)14-8-4-5-9-16(14)20-17/h1-11,19H,12H2. The predicted octanol–water partition coefficient (Wildman–Crippen LogP) is 4.31. The fraction of sp³-hybridized carbons (Fsp3) is 0.0556. The first-order valence-corrected chi connectivity index (χ1v) is 6.80. The van der Waals surface area contributed by atoms with Gasteiger partial charge in [0.15, 0.2) is 0 Å². The Balaban J connectivity index is 1.95. The van der Waals surface area contributed by atoms with Gasteiger partial charge in [-0.1, -0.05) is 48.5 Å². The van der Waals surface area contributed by atoms with Crippen LogP contribution in [0.5, 0.6) is 0 Å². The summed E-state index contributed by atoms with van der Waals surface area (Å²) in [5.41, 5.74) is 4.60. The third kappa shape index (κ3) is 1.77. The van der Waals surface area contributed by atoms with Crippen molar-refractivity contribution in [1.82, 2.24) is 9.97 Å². The lowest BCUT2D eigenvalue weighted by molar-refractivity contribution is 1.11.